The highest BCUT2D eigenvalue weighted by molar-refractivity contribution is 6.26. The van der Waals surface area contributed by atoms with E-state index in [2.05, 4.69) is 257 Å². The van der Waals surface area contributed by atoms with Crippen LogP contribution in [0.4, 0.5) is 0 Å². The van der Waals surface area contributed by atoms with Crippen LogP contribution in [-0.4, -0.2) is 34.1 Å². The van der Waals surface area contributed by atoms with Gasteiger partial charge in [0.05, 0.1) is 61.9 Å². The first-order valence-electron chi connectivity index (χ1n) is 29.0. The molecular weight excluding hydrogens is 1050 g/mol. The number of para-hydroxylation sites is 4. The lowest BCUT2D eigenvalue weighted by atomic mass is 9.89. The van der Waals surface area contributed by atoms with Crippen LogP contribution in [0.25, 0.3) is 166 Å². The van der Waals surface area contributed by atoms with Gasteiger partial charge >= 0.3 is 0 Å². The van der Waals surface area contributed by atoms with E-state index in [4.69, 9.17) is 19.9 Å². The monoisotopic (exact) mass is 1100 g/mol. The smallest absolute Gasteiger partial charge is 0.0894 e. The van der Waals surface area contributed by atoms with E-state index in [1.807, 2.05) is 48.8 Å². The molecule has 7 aromatic heterocycles. The van der Waals surface area contributed by atoms with Crippen LogP contribution in [-0.2, 0) is 0 Å². The number of hydrogen-bond donors (Lipinski definition) is 0. The largest absolute Gasteiger partial charge is 0.309 e. The van der Waals surface area contributed by atoms with Gasteiger partial charge in [-0.3, -0.25) is 15.0 Å². The molecule has 0 N–H and O–H groups in total. The fourth-order valence-electron chi connectivity index (χ4n) is 13.1. The molecule has 86 heavy (non-hydrogen) atoms. The van der Waals surface area contributed by atoms with E-state index in [1.54, 1.807) is 6.20 Å². The number of fused-ring (bicyclic) bond motifs is 12. The fraction of sp³-hybridized carbons (Fsp3) is 0. The van der Waals surface area contributed by atoms with Crippen molar-refractivity contribution in [3.8, 4) is 90.2 Å². The SMILES string of the molecule is c1ccc(-c2ccc(-c3ccc4c5ccc(-c6ccc(-c7ccccn7)nc6-c6cc(-c7cccc(-c8cccc(-n9c%10ccccc%10c%10ccccc%109)c8)n7)cc(-n7c8ccccc8c8ccccc87)c6)cc5c5ccccc5c4c3)cn2)nc1. The van der Waals surface area contributed by atoms with E-state index >= 15 is 0 Å². The Morgan fingerprint density at radius 3 is 1.27 bits per heavy atom. The zero-order valence-corrected chi connectivity index (χ0v) is 46.4. The molecule has 0 unspecified atom stereocenters. The quantitative estimate of drug-likeness (QED) is 0.135. The van der Waals surface area contributed by atoms with Crippen LogP contribution < -0.4 is 0 Å². The van der Waals surface area contributed by atoms with Crippen LogP contribution in [0, 0.1) is 0 Å². The van der Waals surface area contributed by atoms with Crippen molar-refractivity contribution in [1.29, 1.82) is 0 Å². The first-order valence-corrected chi connectivity index (χ1v) is 29.0. The number of hydrogen-bond acceptors (Lipinski definition) is 5. The van der Waals surface area contributed by atoms with E-state index in [0.29, 0.717) is 0 Å². The minimum Gasteiger partial charge on any atom is -0.309 e. The summed E-state index contributed by atoms with van der Waals surface area (Å²) in [5.74, 6) is 0. The molecule has 0 fully saturated rings. The van der Waals surface area contributed by atoms with Gasteiger partial charge in [0.15, 0.2) is 0 Å². The normalized spacial score (nSPS) is 11.7. The molecule has 0 aliphatic heterocycles. The first-order chi connectivity index (χ1) is 42.6. The third-order valence-corrected chi connectivity index (χ3v) is 17.0. The lowest BCUT2D eigenvalue weighted by Crippen LogP contribution is -1.99. The zero-order chi connectivity index (χ0) is 56.7. The van der Waals surface area contributed by atoms with Gasteiger partial charge in [-0.2, -0.15) is 0 Å². The van der Waals surface area contributed by atoms with Crippen molar-refractivity contribution in [1.82, 2.24) is 34.1 Å². The predicted octanol–water partition coefficient (Wildman–Crippen LogP) is 20.0. The van der Waals surface area contributed by atoms with Crippen LogP contribution in [0.1, 0.15) is 0 Å². The fourth-order valence-corrected chi connectivity index (χ4v) is 13.1. The van der Waals surface area contributed by atoms with Gasteiger partial charge in [0, 0.05) is 79.3 Å². The number of rotatable bonds is 9. The molecule has 17 aromatic rings. The molecule has 7 heterocycles. The summed E-state index contributed by atoms with van der Waals surface area (Å²) in [5.41, 5.74) is 19.7. The van der Waals surface area contributed by atoms with Crippen LogP contribution >= 0.6 is 0 Å². The minimum atomic E-state index is 0.783. The second kappa shape index (κ2) is 20.0. The summed E-state index contributed by atoms with van der Waals surface area (Å²) in [5, 5.41) is 11.9. The van der Waals surface area contributed by atoms with Gasteiger partial charge in [-0.05, 0) is 165 Å². The molecule has 0 aliphatic carbocycles. The molecule has 0 saturated carbocycles. The van der Waals surface area contributed by atoms with Crippen molar-refractivity contribution < 1.29 is 0 Å². The molecular formula is C79H49N7. The van der Waals surface area contributed by atoms with Crippen molar-refractivity contribution in [3.05, 3.63) is 298 Å². The summed E-state index contributed by atoms with van der Waals surface area (Å²) in [6.45, 7) is 0. The van der Waals surface area contributed by atoms with Crippen molar-refractivity contribution in [2.24, 2.45) is 0 Å². The van der Waals surface area contributed by atoms with Crippen LogP contribution in [0.3, 0.4) is 0 Å². The molecule has 7 nitrogen and oxygen atoms in total. The third kappa shape index (κ3) is 8.16. The Morgan fingerprint density at radius 1 is 0.221 bits per heavy atom. The van der Waals surface area contributed by atoms with Gasteiger partial charge < -0.3 is 9.13 Å². The second-order valence-corrected chi connectivity index (χ2v) is 22.0. The Balaban J connectivity index is 0.846. The Hall–Kier alpha value is -11.7. The maximum absolute atomic E-state index is 5.66. The van der Waals surface area contributed by atoms with Crippen LogP contribution in [0.2, 0.25) is 0 Å². The number of pyridine rings is 5. The van der Waals surface area contributed by atoms with E-state index in [9.17, 15) is 0 Å². The Bertz CT molecular complexity index is 5400. The highest BCUT2D eigenvalue weighted by Gasteiger charge is 2.21. The summed E-state index contributed by atoms with van der Waals surface area (Å²) in [7, 11) is 0. The molecule has 10 aromatic carbocycles. The standard InChI is InChI=1S/C79H49N7/c1-2-20-60-59(19-1)67-47-50(53-35-39-73(82-49-53)71-25-11-13-41-80-71)33-36-61(67)62-37-34-51(48-68(60)62)58-38-40-74(72-26-12-14-42-81-72)84-79(58)55-43-54(45-57(46-55)86-77-31-9-5-23-65(77)66-24-6-10-32-78(66)86)70-28-16-27-69(83-70)52-17-15-18-56(44-52)85-75-29-7-3-21-63(75)64-22-4-8-30-76(64)85/h1-49H. The lowest BCUT2D eigenvalue weighted by Gasteiger charge is -2.17. The maximum Gasteiger partial charge on any atom is 0.0894 e. The zero-order valence-electron chi connectivity index (χ0n) is 46.4. The molecule has 0 spiro atoms. The number of aromatic nitrogens is 7. The highest BCUT2D eigenvalue weighted by Crippen LogP contribution is 2.43. The minimum absolute atomic E-state index is 0.783. The summed E-state index contributed by atoms with van der Waals surface area (Å²) >= 11 is 0. The lowest BCUT2D eigenvalue weighted by molar-refractivity contribution is 1.17. The maximum atomic E-state index is 5.66. The van der Waals surface area contributed by atoms with Crippen molar-refractivity contribution >= 4 is 75.9 Å². The Morgan fingerprint density at radius 2 is 0.674 bits per heavy atom. The van der Waals surface area contributed by atoms with E-state index in [0.717, 1.165) is 101 Å². The van der Waals surface area contributed by atoms with Gasteiger partial charge in [-0.15, -0.1) is 0 Å². The molecule has 0 aliphatic rings. The predicted molar refractivity (Wildman–Crippen MR) is 355 cm³/mol. The Kier molecular flexibility index (Phi) is 11.4. The van der Waals surface area contributed by atoms with Crippen LogP contribution in [0.15, 0.2) is 298 Å². The van der Waals surface area contributed by atoms with E-state index in [1.165, 1.54) is 64.9 Å². The molecule has 0 bridgehead atoms. The first kappa shape index (κ1) is 49.0. The van der Waals surface area contributed by atoms with Crippen molar-refractivity contribution in [3.63, 3.8) is 0 Å². The van der Waals surface area contributed by atoms with Gasteiger partial charge in [-0.1, -0.05) is 158 Å². The van der Waals surface area contributed by atoms with Crippen molar-refractivity contribution in [2.75, 3.05) is 0 Å². The molecule has 0 saturated heterocycles. The topological polar surface area (TPSA) is 74.3 Å². The summed E-state index contributed by atoms with van der Waals surface area (Å²) in [6, 6.07) is 99.7. The number of nitrogens with zero attached hydrogens (tertiary/aromatic N) is 7. The molecule has 17 rings (SSSR count). The molecule has 400 valence electrons. The average Bonchev–Trinajstić information content (AvgIpc) is 1.85. The number of benzene rings is 10. The van der Waals surface area contributed by atoms with Gasteiger partial charge in [0.2, 0.25) is 0 Å². The molecule has 0 radical (unpaired) electrons. The van der Waals surface area contributed by atoms with Gasteiger partial charge in [0.1, 0.15) is 0 Å². The van der Waals surface area contributed by atoms with E-state index < -0.39 is 0 Å². The summed E-state index contributed by atoms with van der Waals surface area (Å²) < 4.78 is 4.76. The summed E-state index contributed by atoms with van der Waals surface area (Å²) in [4.78, 5) is 25.4. The molecule has 7 heteroatoms. The van der Waals surface area contributed by atoms with Crippen LogP contribution in [0.5, 0.6) is 0 Å². The molecule has 0 atom stereocenters. The second-order valence-electron chi connectivity index (χ2n) is 22.0. The Labute approximate surface area is 495 Å². The van der Waals surface area contributed by atoms with Gasteiger partial charge in [-0.25, -0.2) is 9.97 Å². The van der Waals surface area contributed by atoms with Crippen molar-refractivity contribution in [2.45, 2.75) is 0 Å². The average molecular weight is 1100 g/mol. The third-order valence-electron chi connectivity index (χ3n) is 17.0. The van der Waals surface area contributed by atoms with Gasteiger partial charge in [0.25, 0.3) is 0 Å². The van der Waals surface area contributed by atoms with E-state index in [-0.39, 0.29) is 0 Å². The summed E-state index contributed by atoms with van der Waals surface area (Å²) in [6.07, 6.45) is 5.59. The highest BCUT2D eigenvalue weighted by atomic mass is 15.0. The molecule has 0 amide bonds.